The van der Waals surface area contributed by atoms with Crippen LogP contribution < -0.4 is 14.6 Å². The van der Waals surface area contributed by atoms with Crippen LogP contribution in [0.4, 0.5) is 5.82 Å². The highest BCUT2D eigenvalue weighted by Gasteiger charge is 2.34. The van der Waals surface area contributed by atoms with Crippen molar-refractivity contribution in [3.05, 3.63) is 22.2 Å². The third-order valence-corrected chi connectivity index (χ3v) is 8.01. The van der Waals surface area contributed by atoms with Crippen molar-refractivity contribution in [3.8, 4) is 5.75 Å². The van der Waals surface area contributed by atoms with Crippen molar-refractivity contribution in [1.29, 1.82) is 0 Å². The van der Waals surface area contributed by atoms with E-state index >= 15 is 0 Å². The number of imidazole rings is 1. The Labute approximate surface area is 208 Å². The lowest BCUT2D eigenvalue weighted by Crippen LogP contribution is -2.49. The first-order valence-electron chi connectivity index (χ1n) is 12.0. The van der Waals surface area contributed by atoms with Gasteiger partial charge >= 0.3 is 11.5 Å². The predicted molar refractivity (Wildman–Crippen MR) is 129 cm³/mol. The standard InChI is InChI=1S/C22H31N5O8S/c1-4-5-8-34-19-18(21(30)31)23-22-25(13-17(28)24-10-14(2)35-15(3)11-24)12-16(27(22)20(19)29)26-7-6-9-36(26,32)33/h12,14-15H,4-11,13H2,1-3H3,(H,30,31)/t14-,15-/m0/s1. The number of hydrogen-bond donors (Lipinski definition) is 1. The van der Waals surface area contributed by atoms with Crippen molar-refractivity contribution < 1.29 is 32.6 Å². The van der Waals surface area contributed by atoms with E-state index in [-0.39, 0.29) is 55.2 Å². The van der Waals surface area contributed by atoms with E-state index in [4.69, 9.17) is 9.47 Å². The third kappa shape index (κ3) is 4.91. The zero-order chi connectivity index (χ0) is 26.2. The van der Waals surface area contributed by atoms with Crippen molar-refractivity contribution in [2.24, 2.45) is 0 Å². The number of carbonyl (C=O) groups excluding carboxylic acids is 1. The summed E-state index contributed by atoms with van der Waals surface area (Å²) in [7, 11) is -3.70. The number of ether oxygens (including phenoxy) is 2. The SMILES string of the molecule is CCCCOc1c(C(=O)O)nc2n(CC(=O)N3C[C@H](C)O[C@@H](C)C3)cc(N3CCCS3(=O)=O)n2c1=O. The third-order valence-electron chi connectivity index (χ3n) is 6.16. The van der Waals surface area contributed by atoms with E-state index in [1.807, 2.05) is 20.8 Å². The molecule has 2 aliphatic heterocycles. The molecule has 0 spiro atoms. The van der Waals surface area contributed by atoms with Gasteiger partial charge in [0, 0.05) is 19.6 Å². The maximum Gasteiger partial charge on any atom is 0.358 e. The highest BCUT2D eigenvalue weighted by Crippen LogP contribution is 2.27. The smallest absolute Gasteiger partial charge is 0.358 e. The zero-order valence-corrected chi connectivity index (χ0v) is 21.4. The second-order valence-electron chi connectivity index (χ2n) is 9.15. The summed E-state index contributed by atoms with van der Waals surface area (Å²) in [5.41, 5.74) is -1.43. The molecule has 0 aromatic carbocycles. The Kier molecular flexibility index (Phi) is 7.27. The van der Waals surface area contributed by atoms with E-state index in [1.165, 1.54) is 10.8 Å². The van der Waals surface area contributed by atoms with Gasteiger partial charge < -0.3 is 24.0 Å². The number of morpholine rings is 1. The number of rotatable bonds is 8. The summed E-state index contributed by atoms with van der Waals surface area (Å²) >= 11 is 0. The second-order valence-corrected chi connectivity index (χ2v) is 11.2. The molecule has 0 unspecified atom stereocenters. The predicted octanol–water partition coefficient (Wildman–Crippen LogP) is 0.549. The summed E-state index contributed by atoms with van der Waals surface area (Å²) in [5.74, 6) is -2.47. The van der Waals surface area contributed by atoms with E-state index in [9.17, 15) is 27.9 Å². The van der Waals surface area contributed by atoms with Gasteiger partial charge in [-0.15, -0.1) is 0 Å². The monoisotopic (exact) mass is 525 g/mol. The number of nitrogens with zero attached hydrogens (tertiary/aromatic N) is 5. The number of unbranched alkanes of at least 4 members (excludes halogenated alkanes) is 1. The van der Waals surface area contributed by atoms with Crippen molar-refractivity contribution in [2.75, 3.05) is 36.3 Å². The van der Waals surface area contributed by atoms with Crippen LogP contribution in [0.1, 0.15) is 50.5 Å². The Hall–Kier alpha value is -3.13. The average Bonchev–Trinajstić information content (AvgIpc) is 3.33. The molecule has 2 saturated heterocycles. The molecule has 1 amide bonds. The molecule has 1 N–H and O–H groups in total. The van der Waals surface area contributed by atoms with Crippen LogP contribution >= 0.6 is 0 Å². The summed E-state index contributed by atoms with van der Waals surface area (Å²) < 4.78 is 40.0. The van der Waals surface area contributed by atoms with Crippen LogP contribution in [0.5, 0.6) is 5.75 Å². The van der Waals surface area contributed by atoms with Crippen LogP contribution in [0.15, 0.2) is 11.0 Å². The topological polar surface area (TPSA) is 153 Å². The molecule has 4 rings (SSSR count). The number of hydrogen-bond acceptors (Lipinski definition) is 8. The molecule has 2 aromatic rings. The van der Waals surface area contributed by atoms with E-state index < -0.39 is 33.0 Å². The lowest BCUT2D eigenvalue weighted by Gasteiger charge is -2.35. The fraction of sp³-hybridized carbons (Fsp3) is 0.636. The zero-order valence-electron chi connectivity index (χ0n) is 20.5. The van der Waals surface area contributed by atoms with Gasteiger partial charge in [-0.25, -0.2) is 22.6 Å². The molecule has 36 heavy (non-hydrogen) atoms. The Morgan fingerprint density at radius 2 is 1.94 bits per heavy atom. The number of aromatic nitrogens is 3. The van der Waals surface area contributed by atoms with Crippen LogP contribution in [0.2, 0.25) is 0 Å². The number of fused-ring (bicyclic) bond motifs is 1. The molecule has 13 nitrogen and oxygen atoms in total. The molecule has 2 atom stereocenters. The summed E-state index contributed by atoms with van der Waals surface area (Å²) in [5, 5.41) is 9.75. The summed E-state index contributed by atoms with van der Waals surface area (Å²) in [6, 6.07) is 0. The van der Waals surface area contributed by atoms with E-state index in [1.54, 1.807) is 4.90 Å². The number of amides is 1. The summed E-state index contributed by atoms with van der Waals surface area (Å²) in [4.78, 5) is 44.4. The summed E-state index contributed by atoms with van der Waals surface area (Å²) in [6.07, 6.45) is 2.75. The van der Waals surface area contributed by atoms with Gasteiger partial charge in [-0.1, -0.05) is 13.3 Å². The Morgan fingerprint density at radius 1 is 1.25 bits per heavy atom. The number of anilines is 1. The Balaban J connectivity index is 1.85. The molecule has 0 radical (unpaired) electrons. The lowest BCUT2D eigenvalue weighted by atomic mass is 10.2. The van der Waals surface area contributed by atoms with Gasteiger partial charge in [0.15, 0.2) is 5.69 Å². The maximum absolute atomic E-state index is 13.5. The van der Waals surface area contributed by atoms with E-state index in [2.05, 4.69) is 4.98 Å². The van der Waals surface area contributed by atoms with Crippen LogP contribution in [0.25, 0.3) is 5.78 Å². The van der Waals surface area contributed by atoms with Gasteiger partial charge in [-0.3, -0.25) is 13.9 Å². The number of sulfonamides is 1. The van der Waals surface area contributed by atoms with Crippen molar-refractivity contribution in [1.82, 2.24) is 18.9 Å². The van der Waals surface area contributed by atoms with Gasteiger partial charge in [-0.2, -0.15) is 0 Å². The molecule has 14 heteroatoms. The normalized spacial score (nSPS) is 21.8. The van der Waals surface area contributed by atoms with Crippen LogP contribution in [-0.2, 0) is 26.1 Å². The largest absolute Gasteiger partial charge is 0.486 e. The molecule has 0 aliphatic carbocycles. The Bertz CT molecular complexity index is 1320. The molecule has 2 aromatic heterocycles. The first-order valence-corrected chi connectivity index (χ1v) is 13.6. The fourth-order valence-corrected chi connectivity index (χ4v) is 6.09. The minimum Gasteiger partial charge on any atom is -0.486 e. The average molecular weight is 526 g/mol. The van der Waals surface area contributed by atoms with Gasteiger partial charge in [0.05, 0.1) is 30.8 Å². The molecular weight excluding hydrogens is 494 g/mol. The Morgan fingerprint density at radius 3 is 2.53 bits per heavy atom. The lowest BCUT2D eigenvalue weighted by molar-refractivity contribution is -0.143. The number of carbonyl (C=O) groups is 2. The quantitative estimate of drug-likeness (QED) is 0.487. The first kappa shape index (κ1) is 25.9. The minimum atomic E-state index is -3.70. The van der Waals surface area contributed by atoms with Gasteiger partial charge in [-0.05, 0) is 26.7 Å². The minimum absolute atomic E-state index is 0.00575. The maximum atomic E-state index is 13.5. The van der Waals surface area contributed by atoms with E-state index in [0.717, 1.165) is 15.1 Å². The van der Waals surface area contributed by atoms with Crippen molar-refractivity contribution >= 4 is 33.5 Å². The highest BCUT2D eigenvalue weighted by molar-refractivity contribution is 7.93. The molecule has 2 aliphatic rings. The van der Waals surface area contributed by atoms with Gasteiger partial charge in [0.1, 0.15) is 12.4 Å². The van der Waals surface area contributed by atoms with Crippen LogP contribution in [0, 0.1) is 0 Å². The number of carboxylic acid groups (broad SMARTS) is 1. The molecule has 198 valence electrons. The number of carboxylic acids is 1. The second kappa shape index (κ2) is 10.1. The fourth-order valence-electron chi connectivity index (χ4n) is 4.56. The molecule has 0 bridgehead atoms. The molecule has 2 fully saturated rings. The summed E-state index contributed by atoms with van der Waals surface area (Å²) in [6.45, 7) is 6.36. The molecule has 0 saturated carbocycles. The van der Waals surface area contributed by atoms with Gasteiger partial charge in [0.2, 0.25) is 27.5 Å². The van der Waals surface area contributed by atoms with Gasteiger partial charge in [0.25, 0.3) is 0 Å². The molecular formula is C22H31N5O8S. The first-order chi connectivity index (χ1) is 17.0. The number of aromatic carboxylic acids is 1. The molecule has 4 heterocycles. The van der Waals surface area contributed by atoms with Crippen molar-refractivity contribution in [3.63, 3.8) is 0 Å². The van der Waals surface area contributed by atoms with Crippen LogP contribution in [-0.4, -0.2) is 88.5 Å². The van der Waals surface area contributed by atoms with E-state index in [0.29, 0.717) is 25.9 Å². The van der Waals surface area contributed by atoms with Crippen molar-refractivity contribution in [2.45, 2.75) is 58.8 Å². The highest BCUT2D eigenvalue weighted by atomic mass is 32.2. The van der Waals surface area contributed by atoms with Crippen LogP contribution in [0.3, 0.4) is 0 Å².